The zero-order valence-corrected chi connectivity index (χ0v) is 20.2. The molecule has 4 fully saturated rings. The van der Waals surface area contributed by atoms with Crippen LogP contribution in [0.3, 0.4) is 0 Å². The number of piperazine rings is 1. The summed E-state index contributed by atoms with van der Waals surface area (Å²) >= 11 is 0. The fourth-order valence-corrected chi connectivity index (χ4v) is 6.62. The molecule has 4 aliphatic heterocycles. The van der Waals surface area contributed by atoms with Crippen LogP contribution in [0.5, 0.6) is 0 Å². The van der Waals surface area contributed by atoms with E-state index < -0.39 is 0 Å². The Morgan fingerprint density at radius 3 is 2.63 bits per heavy atom. The third-order valence-corrected chi connectivity index (χ3v) is 8.37. The van der Waals surface area contributed by atoms with Crippen molar-refractivity contribution in [2.24, 2.45) is 11.8 Å². The molecule has 4 aliphatic rings. The lowest BCUT2D eigenvalue weighted by Gasteiger charge is -2.53. The molecule has 0 spiro atoms. The van der Waals surface area contributed by atoms with E-state index in [1.165, 1.54) is 0 Å². The number of fused-ring (bicyclic) bond motifs is 5. The number of piperidine rings is 3. The molecule has 4 saturated heterocycles. The van der Waals surface area contributed by atoms with Crippen LogP contribution in [0.15, 0.2) is 24.3 Å². The molecule has 9 heteroatoms. The van der Waals surface area contributed by atoms with Crippen LogP contribution in [0, 0.1) is 11.8 Å². The Morgan fingerprint density at radius 2 is 1.80 bits per heavy atom. The summed E-state index contributed by atoms with van der Waals surface area (Å²) in [7, 11) is 0. The fourth-order valence-electron chi connectivity index (χ4n) is 6.62. The number of aromatic amines is 1. The zero-order valence-electron chi connectivity index (χ0n) is 20.2. The number of carbonyl (C=O) groups is 3. The van der Waals surface area contributed by atoms with Crippen LogP contribution in [0.25, 0.3) is 11.0 Å². The number of likely N-dealkylation sites (tertiary alicyclic amines) is 1. The number of hydrogen-bond donors (Lipinski definition) is 1. The minimum Gasteiger partial charge on any atom is -0.342 e. The largest absolute Gasteiger partial charge is 0.342 e. The van der Waals surface area contributed by atoms with Crippen molar-refractivity contribution >= 4 is 28.9 Å². The van der Waals surface area contributed by atoms with Crippen molar-refractivity contribution in [3.05, 3.63) is 30.1 Å². The number of urea groups is 1. The lowest BCUT2D eigenvalue weighted by Crippen LogP contribution is -2.63. The number of imidazole rings is 1. The molecule has 6 rings (SSSR count). The van der Waals surface area contributed by atoms with E-state index in [1.807, 2.05) is 39.0 Å². The highest BCUT2D eigenvalue weighted by molar-refractivity contribution is 5.79. The van der Waals surface area contributed by atoms with Crippen molar-refractivity contribution in [3.8, 4) is 0 Å². The summed E-state index contributed by atoms with van der Waals surface area (Å²) < 4.78 is 0. The molecule has 186 valence electrons. The van der Waals surface area contributed by atoms with Crippen LogP contribution in [-0.4, -0.2) is 99.3 Å². The average Bonchev–Trinajstić information content (AvgIpc) is 3.31. The first-order chi connectivity index (χ1) is 17.0. The van der Waals surface area contributed by atoms with Crippen molar-refractivity contribution in [1.29, 1.82) is 0 Å². The van der Waals surface area contributed by atoms with Gasteiger partial charge in [0.2, 0.25) is 11.8 Å². The van der Waals surface area contributed by atoms with E-state index in [0.717, 1.165) is 55.8 Å². The molecule has 1 aromatic carbocycles. The van der Waals surface area contributed by atoms with Gasteiger partial charge in [-0.05, 0) is 43.2 Å². The van der Waals surface area contributed by atoms with E-state index in [2.05, 4.69) is 14.9 Å². The Hall–Kier alpha value is -3.10. The molecule has 5 heterocycles. The van der Waals surface area contributed by atoms with Crippen molar-refractivity contribution in [2.45, 2.75) is 44.6 Å². The van der Waals surface area contributed by atoms with E-state index in [0.29, 0.717) is 69.2 Å². The van der Waals surface area contributed by atoms with Gasteiger partial charge in [0.25, 0.3) is 0 Å². The molecular formula is C26H34N6O3. The molecule has 4 amide bonds. The number of carbonyl (C=O) groups excluding carboxylic acids is 3. The van der Waals surface area contributed by atoms with E-state index >= 15 is 0 Å². The van der Waals surface area contributed by atoms with Gasteiger partial charge < -0.3 is 24.6 Å². The number of H-pyrrole nitrogens is 1. The van der Waals surface area contributed by atoms with Gasteiger partial charge >= 0.3 is 6.03 Å². The summed E-state index contributed by atoms with van der Waals surface area (Å²) in [6.45, 7) is 4.61. The Labute approximate surface area is 205 Å². The maximum Gasteiger partial charge on any atom is 0.320 e. The van der Waals surface area contributed by atoms with Gasteiger partial charge in [0.15, 0.2) is 0 Å². The molecule has 2 bridgehead atoms. The Kier molecular flexibility index (Phi) is 5.86. The molecule has 3 atom stereocenters. The number of aromatic nitrogens is 2. The second-order valence-electron chi connectivity index (χ2n) is 10.6. The summed E-state index contributed by atoms with van der Waals surface area (Å²) in [5.74, 6) is 2.04. The first kappa shape index (κ1) is 22.4. The minimum absolute atomic E-state index is 0.102. The molecule has 2 unspecified atom stereocenters. The Morgan fingerprint density at radius 1 is 1.00 bits per heavy atom. The van der Waals surface area contributed by atoms with E-state index in [1.54, 1.807) is 0 Å². The van der Waals surface area contributed by atoms with Crippen LogP contribution in [0.1, 0.15) is 37.9 Å². The van der Waals surface area contributed by atoms with E-state index in [4.69, 9.17) is 0 Å². The van der Waals surface area contributed by atoms with Gasteiger partial charge in [0.1, 0.15) is 5.82 Å². The lowest BCUT2D eigenvalue weighted by molar-refractivity contribution is -0.144. The maximum atomic E-state index is 13.3. The van der Waals surface area contributed by atoms with Gasteiger partial charge in [-0.3, -0.25) is 9.59 Å². The van der Waals surface area contributed by atoms with Crippen LogP contribution >= 0.6 is 0 Å². The third-order valence-electron chi connectivity index (χ3n) is 8.37. The molecule has 9 nitrogen and oxygen atoms in total. The summed E-state index contributed by atoms with van der Waals surface area (Å²) in [6.07, 6.45) is 4.86. The summed E-state index contributed by atoms with van der Waals surface area (Å²) in [5.41, 5.74) is 1.92. The topological polar surface area (TPSA) is 92.9 Å². The molecule has 1 N–H and O–H groups in total. The molecule has 35 heavy (non-hydrogen) atoms. The minimum atomic E-state index is 0.102. The van der Waals surface area contributed by atoms with Crippen molar-refractivity contribution in [3.63, 3.8) is 0 Å². The van der Waals surface area contributed by atoms with Gasteiger partial charge in [-0.25, -0.2) is 9.78 Å². The van der Waals surface area contributed by atoms with Gasteiger partial charge in [-0.2, -0.15) is 0 Å². The van der Waals surface area contributed by atoms with Crippen molar-refractivity contribution < 1.29 is 14.4 Å². The molecule has 2 aromatic rings. The predicted molar refractivity (Wildman–Crippen MR) is 130 cm³/mol. The Bertz CT molecular complexity index is 1090. The monoisotopic (exact) mass is 478 g/mol. The fraction of sp³-hybridized carbons (Fsp3) is 0.615. The van der Waals surface area contributed by atoms with Crippen LogP contribution in [0.4, 0.5) is 4.79 Å². The lowest BCUT2D eigenvalue weighted by atomic mass is 9.76. The molecule has 0 radical (unpaired) electrons. The van der Waals surface area contributed by atoms with E-state index in [9.17, 15) is 14.4 Å². The van der Waals surface area contributed by atoms with Gasteiger partial charge in [0.05, 0.1) is 11.0 Å². The smallest absolute Gasteiger partial charge is 0.320 e. The highest BCUT2D eigenvalue weighted by atomic mass is 16.2. The van der Waals surface area contributed by atoms with E-state index in [-0.39, 0.29) is 11.9 Å². The highest BCUT2D eigenvalue weighted by Crippen LogP contribution is 2.38. The highest BCUT2D eigenvalue weighted by Gasteiger charge is 2.45. The number of aryl methyl sites for hydroxylation is 1. The summed E-state index contributed by atoms with van der Waals surface area (Å²) in [4.78, 5) is 54.3. The number of benzene rings is 1. The van der Waals surface area contributed by atoms with Crippen LogP contribution in [0.2, 0.25) is 0 Å². The average molecular weight is 479 g/mol. The molecule has 0 aliphatic carbocycles. The maximum absolute atomic E-state index is 13.3. The molecule has 1 aromatic heterocycles. The second kappa shape index (κ2) is 9.17. The first-order valence-electron chi connectivity index (χ1n) is 13.1. The summed E-state index contributed by atoms with van der Waals surface area (Å²) in [6, 6.07) is 8.30. The number of hydrogen-bond acceptors (Lipinski definition) is 4. The second-order valence-corrected chi connectivity index (χ2v) is 10.6. The first-order valence-corrected chi connectivity index (χ1v) is 13.1. The third kappa shape index (κ3) is 4.36. The van der Waals surface area contributed by atoms with Crippen molar-refractivity contribution in [1.82, 2.24) is 29.6 Å². The van der Waals surface area contributed by atoms with Crippen molar-refractivity contribution in [2.75, 3.05) is 45.8 Å². The van der Waals surface area contributed by atoms with Crippen LogP contribution < -0.4 is 0 Å². The number of amides is 4. The predicted octanol–water partition coefficient (Wildman–Crippen LogP) is 2.09. The quantitative estimate of drug-likeness (QED) is 0.731. The SMILES string of the molecule is O=C(CCc1nc2ccccc2[nH]1)N1CCN(C(=O)N2CC3CC(C2)[C@H]2CCCC(=O)N2C3)CC1. The summed E-state index contributed by atoms with van der Waals surface area (Å²) in [5, 5.41) is 0. The number of para-hydroxylation sites is 2. The normalized spacial score (nSPS) is 26.7. The molecule has 0 saturated carbocycles. The standard InChI is InChI=1S/C26H34N6O3/c33-24(9-8-23-27-20-4-1-2-5-21(20)28-23)29-10-12-30(13-11-29)26(35)31-15-18-14-19(17-31)22-6-3-7-25(34)32(22)16-18/h1-2,4-5,18-19,22H,3,6-17H2,(H,27,28)/t18?,19?,22-/m1/s1. The number of nitrogens with zero attached hydrogens (tertiary/aromatic N) is 5. The Balaban J connectivity index is 0.998. The van der Waals surface area contributed by atoms with Gasteiger partial charge in [-0.1, -0.05) is 12.1 Å². The molecular weight excluding hydrogens is 444 g/mol. The van der Waals surface area contributed by atoms with Crippen LogP contribution in [-0.2, 0) is 16.0 Å². The number of nitrogens with one attached hydrogen (secondary N) is 1. The zero-order chi connectivity index (χ0) is 23.9. The van der Waals surface area contributed by atoms with Gasteiger partial charge in [0, 0.05) is 71.1 Å². The number of rotatable bonds is 3. The van der Waals surface area contributed by atoms with Gasteiger partial charge in [-0.15, -0.1) is 0 Å².